The maximum atomic E-state index is 10.7. The average molecular weight is 241 g/mol. The topological polar surface area (TPSA) is 98.9 Å². The van der Waals surface area contributed by atoms with Gasteiger partial charge in [0.15, 0.2) is 5.75 Å². The minimum absolute atomic E-state index is 0.00653. The molecule has 0 aliphatic rings. The van der Waals surface area contributed by atoms with E-state index in [0.29, 0.717) is 5.56 Å². The van der Waals surface area contributed by atoms with Gasteiger partial charge < -0.3 is 14.6 Å². The van der Waals surface area contributed by atoms with Crippen molar-refractivity contribution in [2.45, 2.75) is 6.42 Å². The Balaban J connectivity index is 3.32. The summed E-state index contributed by atoms with van der Waals surface area (Å²) in [5.41, 5.74) is 0.0564. The lowest BCUT2D eigenvalue weighted by atomic mass is 10.1. The molecule has 1 aromatic carbocycles. The predicted molar refractivity (Wildman–Crippen MR) is 57.5 cm³/mol. The van der Waals surface area contributed by atoms with E-state index in [1.54, 1.807) is 0 Å². The number of hydrogen-bond donors (Lipinski definition) is 1. The Hall–Kier alpha value is -2.31. The molecule has 7 nitrogen and oxygen atoms in total. The number of carbonyl (C=O) groups is 1. The molecule has 0 radical (unpaired) electrons. The Morgan fingerprint density at radius 1 is 1.35 bits per heavy atom. The maximum absolute atomic E-state index is 10.7. The number of nitro benzene ring substituents is 1. The highest BCUT2D eigenvalue weighted by molar-refractivity contribution is 5.72. The van der Waals surface area contributed by atoms with E-state index in [1.165, 1.54) is 20.3 Å². The zero-order chi connectivity index (χ0) is 13.0. The van der Waals surface area contributed by atoms with Crippen LogP contribution in [0.15, 0.2) is 12.1 Å². The van der Waals surface area contributed by atoms with Gasteiger partial charge in [0.25, 0.3) is 0 Å². The summed E-state index contributed by atoms with van der Waals surface area (Å²) in [6.07, 6.45) is -0.294. The molecule has 1 N–H and O–H groups in total. The largest absolute Gasteiger partial charge is 0.496 e. The number of rotatable bonds is 5. The molecule has 17 heavy (non-hydrogen) atoms. The number of carboxylic acids is 1. The van der Waals surface area contributed by atoms with Gasteiger partial charge >= 0.3 is 11.7 Å². The van der Waals surface area contributed by atoms with Gasteiger partial charge in [-0.25, -0.2) is 0 Å². The molecular formula is C10H11NO6. The van der Waals surface area contributed by atoms with Gasteiger partial charge in [-0.2, -0.15) is 0 Å². The third-order valence-corrected chi connectivity index (χ3v) is 2.12. The molecule has 0 bridgehead atoms. The van der Waals surface area contributed by atoms with E-state index >= 15 is 0 Å². The van der Waals surface area contributed by atoms with E-state index < -0.39 is 10.9 Å². The monoisotopic (exact) mass is 241 g/mol. The highest BCUT2D eigenvalue weighted by atomic mass is 16.6. The number of nitro groups is 1. The molecule has 0 fully saturated rings. The van der Waals surface area contributed by atoms with Crippen LogP contribution in [0.25, 0.3) is 0 Å². The predicted octanol–water partition coefficient (Wildman–Crippen LogP) is 1.24. The van der Waals surface area contributed by atoms with Crippen molar-refractivity contribution in [1.29, 1.82) is 0 Å². The second-order valence-corrected chi connectivity index (χ2v) is 3.16. The van der Waals surface area contributed by atoms with Crippen molar-refractivity contribution < 1.29 is 24.3 Å². The van der Waals surface area contributed by atoms with E-state index in [1.807, 2.05) is 0 Å². The third kappa shape index (κ3) is 2.83. The van der Waals surface area contributed by atoms with Gasteiger partial charge in [0.05, 0.1) is 31.6 Å². The number of methoxy groups -OCH3 is 2. The zero-order valence-corrected chi connectivity index (χ0v) is 9.30. The first-order chi connectivity index (χ1) is 7.99. The lowest BCUT2D eigenvalue weighted by Crippen LogP contribution is -2.04. The van der Waals surface area contributed by atoms with Crippen LogP contribution in [0.1, 0.15) is 5.56 Å². The van der Waals surface area contributed by atoms with E-state index in [4.69, 9.17) is 14.6 Å². The van der Waals surface area contributed by atoms with Gasteiger partial charge in [-0.05, 0) is 6.07 Å². The number of benzene rings is 1. The summed E-state index contributed by atoms with van der Waals surface area (Å²) in [4.78, 5) is 20.7. The van der Waals surface area contributed by atoms with Gasteiger partial charge in [0.1, 0.15) is 5.75 Å². The van der Waals surface area contributed by atoms with E-state index in [0.717, 1.165) is 6.07 Å². The Bertz CT molecular complexity index is 456. The molecular weight excluding hydrogens is 230 g/mol. The summed E-state index contributed by atoms with van der Waals surface area (Å²) in [6, 6.07) is 2.45. The Morgan fingerprint density at radius 3 is 2.35 bits per heavy atom. The van der Waals surface area contributed by atoms with Gasteiger partial charge in [0.2, 0.25) is 0 Å². The molecule has 0 aromatic heterocycles. The molecule has 0 atom stereocenters. The Labute approximate surface area is 96.7 Å². The van der Waals surface area contributed by atoms with Crippen LogP contribution in [0.3, 0.4) is 0 Å². The quantitative estimate of drug-likeness (QED) is 0.615. The van der Waals surface area contributed by atoms with E-state index in [9.17, 15) is 14.9 Å². The van der Waals surface area contributed by atoms with Crippen LogP contribution in [0.5, 0.6) is 11.5 Å². The highest BCUT2D eigenvalue weighted by Gasteiger charge is 2.20. The van der Waals surface area contributed by atoms with Crippen LogP contribution < -0.4 is 9.47 Å². The summed E-state index contributed by atoms with van der Waals surface area (Å²) in [7, 11) is 2.59. The lowest BCUT2D eigenvalue weighted by molar-refractivity contribution is -0.385. The van der Waals surface area contributed by atoms with Crippen molar-refractivity contribution in [1.82, 2.24) is 0 Å². The van der Waals surface area contributed by atoms with E-state index in [2.05, 4.69) is 0 Å². The minimum atomic E-state index is -1.06. The number of aliphatic carboxylic acids is 1. The zero-order valence-electron chi connectivity index (χ0n) is 9.30. The standard InChI is InChI=1S/C10H11NO6/c1-16-8-5-7(11(14)15)9(17-2)3-6(8)4-10(12)13/h3,5H,4H2,1-2H3,(H,12,13). The lowest BCUT2D eigenvalue weighted by Gasteiger charge is -2.09. The van der Waals surface area contributed by atoms with Crippen LogP contribution in [-0.4, -0.2) is 30.2 Å². The van der Waals surface area contributed by atoms with Crippen molar-refractivity contribution in [2.75, 3.05) is 14.2 Å². The van der Waals surface area contributed by atoms with Crippen LogP contribution in [-0.2, 0) is 11.2 Å². The molecule has 0 spiro atoms. The van der Waals surface area contributed by atoms with Crippen LogP contribution in [0.2, 0.25) is 0 Å². The first kappa shape index (κ1) is 12.8. The molecule has 1 rings (SSSR count). The van der Waals surface area contributed by atoms with Crippen molar-refractivity contribution in [3.8, 4) is 11.5 Å². The molecule has 0 unspecified atom stereocenters. The number of nitrogens with zero attached hydrogens (tertiary/aromatic N) is 1. The molecule has 7 heteroatoms. The Kier molecular flexibility index (Phi) is 3.86. The third-order valence-electron chi connectivity index (χ3n) is 2.12. The summed E-state index contributed by atoms with van der Waals surface area (Å²) in [6.45, 7) is 0. The highest BCUT2D eigenvalue weighted by Crippen LogP contribution is 2.34. The first-order valence-electron chi connectivity index (χ1n) is 4.60. The fourth-order valence-electron chi connectivity index (χ4n) is 1.39. The molecule has 0 aliphatic carbocycles. The van der Waals surface area contributed by atoms with Crippen LogP contribution >= 0.6 is 0 Å². The fraction of sp³-hybridized carbons (Fsp3) is 0.300. The van der Waals surface area contributed by atoms with Crippen molar-refractivity contribution >= 4 is 11.7 Å². The molecule has 1 aromatic rings. The fourth-order valence-corrected chi connectivity index (χ4v) is 1.39. The van der Waals surface area contributed by atoms with Gasteiger partial charge in [-0.3, -0.25) is 14.9 Å². The van der Waals surface area contributed by atoms with Gasteiger partial charge in [0, 0.05) is 5.56 Å². The average Bonchev–Trinajstić information content (AvgIpc) is 2.27. The maximum Gasteiger partial charge on any atom is 0.314 e. The van der Waals surface area contributed by atoms with Gasteiger partial charge in [-0.1, -0.05) is 0 Å². The summed E-state index contributed by atoms with van der Waals surface area (Å²) >= 11 is 0. The SMILES string of the molecule is COc1cc([N+](=O)[O-])c(OC)cc1CC(=O)O. The van der Waals surface area contributed by atoms with E-state index in [-0.39, 0.29) is 23.6 Å². The molecule has 92 valence electrons. The summed E-state index contributed by atoms with van der Waals surface area (Å²) < 4.78 is 9.75. The smallest absolute Gasteiger partial charge is 0.314 e. The van der Waals surface area contributed by atoms with Crippen molar-refractivity contribution in [2.24, 2.45) is 0 Å². The van der Waals surface area contributed by atoms with Gasteiger partial charge in [-0.15, -0.1) is 0 Å². The molecule has 0 amide bonds. The summed E-state index contributed by atoms with van der Waals surface area (Å²) in [5, 5.41) is 19.4. The second kappa shape index (κ2) is 5.15. The Morgan fingerprint density at radius 2 is 1.94 bits per heavy atom. The minimum Gasteiger partial charge on any atom is -0.496 e. The second-order valence-electron chi connectivity index (χ2n) is 3.16. The molecule has 0 saturated carbocycles. The first-order valence-corrected chi connectivity index (χ1v) is 4.60. The molecule has 0 aliphatic heterocycles. The number of ether oxygens (including phenoxy) is 2. The number of hydrogen-bond acceptors (Lipinski definition) is 5. The summed E-state index contributed by atoms with van der Waals surface area (Å²) in [5.74, 6) is -0.897. The normalized spacial score (nSPS) is 9.76. The van der Waals surface area contributed by atoms with Crippen LogP contribution in [0.4, 0.5) is 5.69 Å². The van der Waals surface area contributed by atoms with Crippen molar-refractivity contribution in [3.05, 3.63) is 27.8 Å². The molecule has 0 saturated heterocycles. The van der Waals surface area contributed by atoms with Crippen LogP contribution in [0, 0.1) is 10.1 Å². The van der Waals surface area contributed by atoms with Crippen molar-refractivity contribution in [3.63, 3.8) is 0 Å². The number of carboxylic acid groups (broad SMARTS) is 1. The molecule has 0 heterocycles.